The van der Waals surface area contributed by atoms with E-state index in [0.717, 1.165) is 50.9 Å². The Kier molecular flexibility index (Phi) is 23.3. The number of epoxide rings is 1. The third-order valence-electron chi connectivity index (χ3n) is 7.21. The van der Waals surface area contributed by atoms with Crippen molar-refractivity contribution < 1.29 is 28.9 Å². The average molecular weight is 577 g/mol. The lowest BCUT2D eigenvalue weighted by Crippen LogP contribution is -2.25. The molecule has 1 N–H and O–H groups in total. The third-order valence-corrected chi connectivity index (χ3v) is 7.21. The van der Waals surface area contributed by atoms with Gasteiger partial charge >= 0.3 is 11.9 Å². The van der Waals surface area contributed by atoms with Gasteiger partial charge in [0.15, 0.2) is 0 Å². The molecule has 6 heteroatoms. The van der Waals surface area contributed by atoms with Crippen LogP contribution in [-0.4, -0.2) is 48.6 Å². The predicted octanol–water partition coefficient (Wildman–Crippen LogP) is 8.57. The van der Waals surface area contributed by atoms with Crippen molar-refractivity contribution in [1.29, 1.82) is 0 Å². The molecule has 1 fully saturated rings. The second-order valence-corrected chi connectivity index (χ2v) is 11.8. The Morgan fingerprint density at radius 3 is 1.90 bits per heavy atom. The molecule has 0 saturated carbocycles. The van der Waals surface area contributed by atoms with Gasteiger partial charge in [-0.25, -0.2) is 0 Å². The van der Waals surface area contributed by atoms with Crippen LogP contribution in [0, 0.1) is 5.92 Å². The van der Waals surface area contributed by atoms with Crippen LogP contribution in [0.3, 0.4) is 0 Å². The molecule has 0 aliphatic carbocycles. The fourth-order valence-corrected chi connectivity index (χ4v) is 4.54. The van der Waals surface area contributed by atoms with E-state index in [2.05, 4.69) is 57.2 Å². The van der Waals surface area contributed by atoms with E-state index >= 15 is 0 Å². The maximum Gasteiger partial charge on any atom is 0.305 e. The normalized spacial score (nSPS) is 17.7. The van der Waals surface area contributed by atoms with Crippen LogP contribution in [0.4, 0.5) is 0 Å². The van der Waals surface area contributed by atoms with Crippen molar-refractivity contribution in [2.75, 3.05) is 13.2 Å². The Hall–Kier alpha value is -1.92. The fraction of sp³-hybridized carbons (Fsp3) is 0.771. The Morgan fingerprint density at radius 2 is 1.24 bits per heavy atom. The predicted molar refractivity (Wildman–Crippen MR) is 168 cm³/mol. The highest BCUT2D eigenvalue weighted by atomic mass is 16.6. The molecular weight excluding hydrogens is 516 g/mol. The topological polar surface area (TPSA) is 85.4 Å². The van der Waals surface area contributed by atoms with Crippen molar-refractivity contribution in [1.82, 2.24) is 0 Å². The van der Waals surface area contributed by atoms with Crippen LogP contribution in [0.1, 0.15) is 136 Å². The number of aliphatic hydroxyl groups is 1. The summed E-state index contributed by atoms with van der Waals surface area (Å²) in [6.07, 6.45) is 31.0. The van der Waals surface area contributed by atoms with Crippen molar-refractivity contribution in [2.24, 2.45) is 5.92 Å². The van der Waals surface area contributed by atoms with E-state index in [4.69, 9.17) is 14.2 Å². The monoisotopic (exact) mass is 576 g/mol. The Bertz CT molecular complexity index is 741. The summed E-state index contributed by atoms with van der Waals surface area (Å²) in [5.41, 5.74) is 0. The highest BCUT2D eigenvalue weighted by molar-refractivity contribution is 5.69. The van der Waals surface area contributed by atoms with Crippen molar-refractivity contribution in [2.45, 2.75) is 155 Å². The summed E-state index contributed by atoms with van der Waals surface area (Å²) in [5.74, 6) is 0.128. The molecular formula is C35H60O6. The van der Waals surface area contributed by atoms with Gasteiger partial charge in [-0.1, -0.05) is 109 Å². The van der Waals surface area contributed by atoms with E-state index in [1.807, 2.05) is 0 Å². The lowest BCUT2D eigenvalue weighted by Gasteiger charge is -2.12. The Labute approximate surface area is 251 Å². The highest BCUT2D eigenvalue weighted by Crippen LogP contribution is 2.29. The van der Waals surface area contributed by atoms with Gasteiger partial charge < -0.3 is 19.3 Å². The number of unbranched alkanes of at least 4 members (excludes halogenated alkanes) is 9. The highest BCUT2D eigenvalue weighted by Gasteiger charge is 2.35. The van der Waals surface area contributed by atoms with Gasteiger partial charge in [-0.3, -0.25) is 9.59 Å². The van der Waals surface area contributed by atoms with Crippen LogP contribution in [0.15, 0.2) is 36.5 Å². The first-order valence-corrected chi connectivity index (χ1v) is 16.5. The molecule has 0 bridgehead atoms. The lowest BCUT2D eigenvalue weighted by molar-refractivity contribution is -0.152. The maximum atomic E-state index is 11.9. The molecule has 236 valence electrons. The number of carbonyl (C=O) groups is 2. The molecule has 6 nitrogen and oxygen atoms in total. The molecule has 0 aromatic heterocycles. The summed E-state index contributed by atoms with van der Waals surface area (Å²) >= 11 is 0. The molecule has 1 saturated heterocycles. The van der Waals surface area contributed by atoms with Gasteiger partial charge in [0.2, 0.25) is 0 Å². The number of hydrogen-bond acceptors (Lipinski definition) is 6. The summed E-state index contributed by atoms with van der Waals surface area (Å²) in [4.78, 5) is 23.7. The van der Waals surface area contributed by atoms with Crippen molar-refractivity contribution in [3.63, 3.8) is 0 Å². The molecule has 1 aliphatic rings. The van der Waals surface area contributed by atoms with Crippen LogP contribution < -0.4 is 0 Å². The Morgan fingerprint density at radius 1 is 0.707 bits per heavy atom. The van der Waals surface area contributed by atoms with Gasteiger partial charge in [-0.15, -0.1) is 0 Å². The van der Waals surface area contributed by atoms with Crippen molar-refractivity contribution >= 4 is 11.9 Å². The van der Waals surface area contributed by atoms with Crippen LogP contribution in [0.25, 0.3) is 0 Å². The van der Waals surface area contributed by atoms with E-state index < -0.39 is 6.10 Å². The number of esters is 2. The maximum absolute atomic E-state index is 11.9. The van der Waals surface area contributed by atoms with E-state index in [0.29, 0.717) is 31.5 Å². The van der Waals surface area contributed by atoms with Gasteiger partial charge in [-0.05, 0) is 57.3 Å². The number of allylic oxidation sites excluding steroid dienone is 4. The number of carbonyl (C=O) groups excluding carboxylic acids is 2. The molecule has 1 heterocycles. The number of hydrogen-bond donors (Lipinski definition) is 1. The van der Waals surface area contributed by atoms with Gasteiger partial charge in [0.05, 0.1) is 12.2 Å². The molecule has 0 radical (unpaired) electrons. The van der Waals surface area contributed by atoms with Crippen molar-refractivity contribution in [3.8, 4) is 0 Å². The summed E-state index contributed by atoms with van der Waals surface area (Å²) < 4.78 is 15.9. The standard InChI is InChI=1S/C35H60O6/c1-4-5-6-7-14-19-24-32-33(41-32)25-20-15-9-8-10-16-21-26-34(37)39-28-31(36)29-40-35(38)27-22-17-12-11-13-18-23-30(2)3/h8,10,14-15,19-20,30-33,36H,4-7,9,11-13,16-18,21-29H2,1-3H3/b10-8-,19-14-,20-15-/t31-,32?,33?/m0/s1. The van der Waals surface area contributed by atoms with Gasteiger partial charge in [0.1, 0.15) is 19.3 Å². The number of rotatable bonds is 27. The molecule has 2 unspecified atom stereocenters. The summed E-state index contributed by atoms with van der Waals surface area (Å²) in [6.45, 7) is 6.45. The van der Waals surface area contributed by atoms with Crippen LogP contribution >= 0.6 is 0 Å². The zero-order valence-corrected chi connectivity index (χ0v) is 26.4. The fourth-order valence-electron chi connectivity index (χ4n) is 4.54. The second kappa shape index (κ2) is 25.8. The van der Waals surface area contributed by atoms with Crippen molar-refractivity contribution in [3.05, 3.63) is 36.5 Å². The summed E-state index contributed by atoms with van der Waals surface area (Å²) in [5, 5.41) is 9.93. The van der Waals surface area contributed by atoms with E-state index in [1.165, 1.54) is 51.4 Å². The largest absolute Gasteiger partial charge is 0.463 e. The molecule has 0 aromatic carbocycles. The molecule has 1 aliphatic heterocycles. The number of aliphatic hydroxyl groups excluding tert-OH is 1. The van der Waals surface area contributed by atoms with Gasteiger partial charge in [0.25, 0.3) is 0 Å². The van der Waals surface area contributed by atoms with Crippen LogP contribution in [0.2, 0.25) is 0 Å². The first-order chi connectivity index (χ1) is 19.9. The third kappa shape index (κ3) is 24.4. The molecule has 41 heavy (non-hydrogen) atoms. The molecule has 1 rings (SSSR count). The van der Waals surface area contributed by atoms with Crippen LogP contribution in [-0.2, 0) is 23.8 Å². The SMILES string of the molecule is CCCCC/C=C\CC1OC1C/C=C\C/C=C\CCCC(=O)OC[C@H](O)COC(=O)CCCCCCCCC(C)C. The molecule has 0 aromatic rings. The van der Waals surface area contributed by atoms with E-state index in [9.17, 15) is 14.7 Å². The van der Waals surface area contributed by atoms with E-state index in [1.54, 1.807) is 0 Å². The summed E-state index contributed by atoms with van der Waals surface area (Å²) in [6, 6.07) is 0. The quantitative estimate of drug-likeness (QED) is 0.0456. The molecule has 3 atom stereocenters. The summed E-state index contributed by atoms with van der Waals surface area (Å²) in [7, 11) is 0. The van der Waals surface area contributed by atoms with Gasteiger partial charge in [0, 0.05) is 12.8 Å². The smallest absolute Gasteiger partial charge is 0.305 e. The van der Waals surface area contributed by atoms with Gasteiger partial charge in [-0.2, -0.15) is 0 Å². The minimum absolute atomic E-state index is 0.138. The zero-order valence-electron chi connectivity index (χ0n) is 26.4. The average Bonchev–Trinajstić information content (AvgIpc) is 3.70. The first kappa shape index (κ1) is 37.1. The number of ether oxygens (including phenoxy) is 3. The van der Waals surface area contributed by atoms with E-state index in [-0.39, 0.29) is 25.2 Å². The lowest BCUT2D eigenvalue weighted by atomic mass is 10.0. The minimum atomic E-state index is -0.987. The minimum Gasteiger partial charge on any atom is -0.463 e. The molecule has 0 amide bonds. The van der Waals surface area contributed by atoms with Crippen LogP contribution in [0.5, 0.6) is 0 Å². The molecule has 0 spiro atoms. The Balaban J connectivity index is 1.91. The second-order valence-electron chi connectivity index (χ2n) is 11.8. The first-order valence-electron chi connectivity index (χ1n) is 16.5. The zero-order chi connectivity index (χ0) is 30.0.